The fourth-order valence-corrected chi connectivity index (χ4v) is 1.80. The topological polar surface area (TPSA) is 83.6 Å². The molecule has 3 N–H and O–H groups in total. The highest BCUT2D eigenvalue weighted by Gasteiger charge is 2.16. The third-order valence-corrected chi connectivity index (χ3v) is 3.10. The van der Waals surface area contributed by atoms with E-state index in [9.17, 15) is 9.59 Å². The van der Waals surface area contributed by atoms with E-state index in [0.29, 0.717) is 19.4 Å². The van der Waals surface area contributed by atoms with Gasteiger partial charge in [0.15, 0.2) is 0 Å². The third-order valence-electron chi connectivity index (χ3n) is 3.10. The lowest BCUT2D eigenvalue weighted by Gasteiger charge is -2.20. The zero-order chi connectivity index (χ0) is 14.4. The number of hydrogen-bond acceptors (Lipinski definition) is 3. The van der Waals surface area contributed by atoms with E-state index < -0.39 is 12.0 Å². The molecule has 0 aromatic heterocycles. The highest BCUT2D eigenvalue weighted by molar-refractivity contribution is 5.89. The Bertz CT molecular complexity index is 460. The molecule has 1 rings (SSSR count). The second kappa shape index (κ2) is 6.89. The van der Waals surface area contributed by atoms with Crippen molar-refractivity contribution in [3.8, 4) is 0 Å². The molecule has 0 unspecified atom stereocenters. The summed E-state index contributed by atoms with van der Waals surface area (Å²) in [5, 5.41) is 9.07. The lowest BCUT2D eigenvalue weighted by Crippen LogP contribution is -2.42. The van der Waals surface area contributed by atoms with Crippen molar-refractivity contribution in [1.29, 1.82) is 0 Å². The average molecular weight is 264 g/mol. The molecule has 0 aliphatic heterocycles. The number of carboxylic acid groups (broad SMARTS) is 1. The first-order valence-corrected chi connectivity index (χ1v) is 6.29. The molecule has 0 heterocycles. The Morgan fingerprint density at radius 1 is 1.37 bits per heavy atom. The van der Waals surface area contributed by atoms with Gasteiger partial charge in [-0.3, -0.25) is 4.79 Å². The summed E-state index contributed by atoms with van der Waals surface area (Å²) in [6, 6.07) is 6.33. The van der Waals surface area contributed by atoms with E-state index in [2.05, 4.69) is 0 Å². The third kappa shape index (κ3) is 4.06. The first-order chi connectivity index (χ1) is 8.97. The van der Waals surface area contributed by atoms with Crippen LogP contribution in [0.4, 0.5) is 0 Å². The maximum atomic E-state index is 11.8. The van der Waals surface area contributed by atoms with Gasteiger partial charge in [0, 0.05) is 13.6 Å². The van der Waals surface area contributed by atoms with E-state index in [0.717, 1.165) is 5.56 Å². The molecule has 0 aliphatic rings. The summed E-state index contributed by atoms with van der Waals surface area (Å²) in [4.78, 5) is 24.4. The first-order valence-electron chi connectivity index (χ1n) is 6.29. The second-order valence-electron chi connectivity index (χ2n) is 4.49. The maximum Gasteiger partial charge on any atom is 0.335 e. The Morgan fingerprint density at radius 3 is 2.58 bits per heavy atom. The van der Waals surface area contributed by atoms with E-state index in [1.807, 2.05) is 6.92 Å². The summed E-state index contributed by atoms with van der Waals surface area (Å²) in [6.45, 7) is 2.31. The molecule has 0 radical (unpaired) electrons. The van der Waals surface area contributed by atoms with E-state index in [1.54, 1.807) is 36.2 Å². The van der Waals surface area contributed by atoms with Gasteiger partial charge in [0.05, 0.1) is 11.6 Å². The molecule has 0 saturated carbocycles. The molecule has 1 atom stereocenters. The summed E-state index contributed by atoms with van der Waals surface area (Å²) in [5.41, 5.74) is 6.68. The zero-order valence-electron chi connectivity index (χ0n) is 11.3. The summed E-state index contributed by atoms with van der Waals surface area (Å²) in [6.07, 6.45) is 1.09. The van der Waals surface area contributed by atoms with Gasteiger partial charge in [-0.25, -0.2) is 4.79 Å². The van der Waals surface area contributed by atoms with Crippen LogP contribution in [-0.2, 0) is 11.2 Å². The van der Waals surface area contributed by atoms with Gasteiger partial charge >= 0.3 is 5.97 Å². The number of likely N-dealkylation sites (N-methyl/N-ethyl adjacent to an activating group) is 1. The van der Waals surface area contributed by atoms with Crippen molar-refractivity contribution in [3.05, 3.63) is 35.4 Å². The van der Waals surface area contributed by atoms with Gasteiger partial charge < -0.3 is 15.7 Å². The molecule has 0 aliphatic carbocycles. The quantitative estimate of drug-likeness (QED) is 0.806. The number of carbonyl (C=O) groups excluding carboxylic acids is 1. The molecule has 0 fully saturated rings. The van der Waals surface area contributed by atoms with Crippen LogP contribution in [0.3, 0.4) is 0 Å². The number of nitrogens with zero attached hydrogens (tertiary/aromatic N) is 1. The van der Waals surface area contributed by atoms with Gasteiger partial charge in [0.25, 0.3) is 0 Å². The SMILES string of the molecule is CC[C@@H](N)C(=O)N(C)CCc1ccccc1C(=O)O. The molecular formula is C14H20N2O3. The molecule has 0 spiro atoms. The van der Waals surface area contributed by atoms with E-state index in [4.69, 9.17) is 10.8 Å². The van der Waals surface area contributed by atoms with Crippen molar-refractivity contribution < 1.29 is 14.7 Å². The van der Waals surface area contributed by atoms with Crippen molar-refractivity contribution >= 4 is 11.9 Å². The first kappa shape index (κ1) is 15.2. The minimum absolute atomic E-state index is 0.115. The molecule has 0 saturated heterocycles. The molecule has 104 valence electrons. The number of hydrogen-bond donors (Lipinski definition) is 2. The summed E-state index contributed by atoms with van der Waals surface area (Å²) < 4.78 is 0. The Morgan fingerprint density at radius 2 is 2.00 bits per heavy atom. The molecule has 1 aromatic carbocycles. The fraction of sp³-hybridized carbons (Fsp3) is 0.429. The molecule has 1 aromatic rings. The standard InChI is InChI=1S/C14H20N2O3/c1-3-12(15)13(17)16(2)9-8-10-6-4-5-7-11(10)14(18)19/h4-7,12H,3,8-9,15H2,1-2H3,(H,18,19)/t12-/m1/s1. The van der Waals surface area contributed by atoms with Gasteiger partial charge in [0.2, 0.25) is 5.91 Å². The van der Waals surface area contributed by atoms with Crippen molar-refractivity contribution in [2.75, 3.05) is 13.6 Å². The minimum Gasteiger partial charge on any atom is -0.478 e. The Labute approximate surface area is 113 Å². The number of aromatic carboxylic acids is 1. The Kier molecular flexibility index (Phi) is 5.51. The van der Waals surface area contributed by atoms with Crippen molar-refractivity contribution in [1.82, 2.24) is 4.90 Å². The molecule has 5 nitrogen and oxygen atoms in total. The highest BCUT2D eigenvalue weighted by Crippen LogP contribution is 2.10. The van der Waals surface area contributed by atoms with Gasteiger partial charge in [-0.15, -0.1) is 0 Å². The number of benzene rings is 1. The van der Waals surface area contributed by atoms with Crippen molar-refractivity contribution in [2.45, 2.75) is 25.8 Å². The normalized spacial score (nSPS) is 11.9. The van der Waals surface area contributed by atoms with Crippen LogP contribution in [0, 0.1) is 0 Å². The number of carbonyl (C=O) groups is 2. The van der Waals surface area contributed by atoms with E-state index in [-0.39, 0.29) is 11.5 Å². The monoisotopic (exact) mass is 264 g/mol. The Balaban J connectivity index is 2.67. The fourth-order valence-electron chi connectivity index (χ4n) is 1.80. The lowest BCUT2D eigenvalue weighted by molar-refractivity contribution is -0.131. The van der Waals surface area contributed by atoms with Crippen LogP contribution in [0.15, 0.2) is 24.3 Å². The Hall–Kier alpha value is -1.88. The van der Waals surface area contributed by atoms with Crippen molar-refractivity contribution in [2.24, 2.45) is 5.73 Å². The largest absolute Gasteiger partial charge is 0.478 e. The van der Waals surface area contributed by atoms with E-state index >= 15 is 0 Å². The number of rotatable bonds is 6. The zero-order valence-corrected chi connectivity index (χ0v) is 11.3. The summed E-state index contributed by atoms with van der Waals surface area (Å²) in [7, 11) is 1.68. The smallest absolute Gasteiger partial charge is 0.335 e. The van der Waals surface area contributed by atoms with Gasteiger partial charge in [-0.1, -0.05) is 25.1 Å². The van der Waals surface area contributed by atoms with Crippen LogP contribution in [0.5, 0.6) is 0 Å². The number of nitrogens with two attached hydrogens (primary N) is 1. The van der Waals surface area contributed by atoms with Crippen LogP contribution in [0.25, 0.3) is 0 Å². The summed E-state index contributed by atoms with van der Waals surface area (Å²) in [5.74, 6) is -1.06. The van der Waals surface area contributed by atoms with Crippen LogP contribution in [0.2, 0.25) is 0 Å². The molecule has 5 heteroatoms. The molecule has 1 amide bonds. The molecule has 0 bridgehead atoms. The predicted molar refractivity (Wildman–Crippen MR) is 73.0 cm³/mol. The lowest BCUT2D eigenvalue weighted by atomic mass is 10.0. The van der Waals surface area contributed by atoms with Gasteiger partial charge in [0.1, 0.15) is 0 Å². The second-order valence-corrected chi connectivity index (χ2v) is 4.49. The van der Waals surface area contributed by atoms with Gasteiger partial charge in [-0.2, -0.15) is 0 Å². The van der Waals surface area contributed by atoms with Crippen molar-refractivity contribution in [3.63, 3.8) is 0 Å². The predicted octanol–water partition coefficient (Wildman–Crippen LogP) is 1.12. The highest BCUT2D eigenvalue weighted by atomic mass is 16.4. The number of amides is 1. The minimum atomic E-state index is -0.949. The van der Waals surface area contributed by atoms with E-state index in [1.165, 1.54) is 0 Å². The van der Waals surface area contributed by atoms with Gasteiger partial charge in [-0.05, 0) is 24.5 Å². The van der Waals surface area contributed by atoms with Crippen LogP contribution in [-0.4, -0.2) is 41.5 Å². The maximum absolute atomic E-state index is 11.8. The van der Waals surface area contributed by atoms with Crippen LogP contribution >= 0.6 is 0 Å². The number of carboxylic acids is 1. The summed E-state index contributed by atoms with van der Waals surface area (Å²) >= 11 is 0. The van der Waals surface area contributed by atoms with Crippen LogP contribution < -0.4 is 5.73 Å². The molecule has 19 heavy (non-hydrogen) atoms. The average Bonchev–Trinajstić information content (AvgIpc) is 2.43. The van der Waals surface area contributed by atoms with Crippen LogP contribution in [0.1, 0.15) is 29.3 Å². The molecular weight excluding hydrogens is 244 g/mol.